The van der Waals surface area contributed by atoms with Gasteiger partial charge in [0.1, 0.15) is 11.6 Å². The van der Waals surface area contributed by atoms with E-state index in [4.69, 9.17) is 0 Å². The molecule has 5 rings (SSSR count). The molecule has 0 bridgehead atoms. The first-order valence-corrected chi connectivity index (χ1v) is 11.2. The highest BCUT2D eigenvalue weighted by molar-refractivity contribution is 6.11. The van der Waals surface area contributed by atoms with Crippen LogP contribution in [0.25, 0.3) is 0 Å². The van der Waals surface area contributed by atoms with Crippen molar-refractivity contribution in [3.05, 3.63) is 89.0 Å². The Labute approximate surface area is 191 Å². The molecule has 1 heterocycles. The third-order valence-electron chi connectivity index (χ3n) is 7.81. The summed E-state index contributed by atoms with van der Waals surface area (Å²) in [6, 6.07) is 11.0. The van der Waals surface area contributed by atoms with Crippen molar-refractivity contribution in [3.63, 3.8) is 0 Å². The fourth-order valence-electron chi connectivity index (χ4n) is 6.25. The molecule has 3 atom stereocenters. The number of rotatable bonds is 5. The van der Waals surface area contributed by atoms with E-state index in [1.165, 1.54) is 24.3 Å². The van der Waals surface area contributed by atoms with Gasteiger partial charge in [-0.05, 0) is 83.7 Å². The minimum Gasteiger partial charge on any atom is -0.478 e. The molecular formula is C27H25F2NO3. The normalized spacial score (nSPS) is 27.8. The van der Waals surface area contributed by atoms with Gasteiger partial charge in [-0.1, -0.05) is 32.1 Å². The van der Waals surface area contributed by atoms with Gasteiger partial charge in [-0.2, -0.15) is 0 Å². The average Bonchev–Trinajstić information content (AvgIpc) is 3.45. The molecule has 1 aliphatic heterocycles. The van der Waals surface area contributed by atoms with Crippen LogP contribution in [0.4, 0.5) is 14.5 Å². The van der Waals surface area contributed by atoms with E-state index in [2.05, 4.69) is 13.8 Å². The molecule has 1 fully saturated rings. The fraction of sp³-hybridized carbons (Fsp3) is 0.333. The molecule has 170 valence electrons. The van der Waals surface area contributed by atoms with Crippen LogP contribution in [-0.2, 0) is 16.8 Å². The smallest absolute Gasteiger partial charge is 0.335 e. The van der Waals surface area contributed by atoms with Gasteiger partial charge < -0.3 is 10.0 Å². The van der Waals surface area contributed by atoms with Gasteiger partial charge in [0.25, 0.3) is 0 Å². The van der Waals surface area contributed by atoms with E-state index in [9.17, 15) is 23.5 Å². The van der Waals surface area contributed by atoms with E-state index in [1.54, 1.807) is 35.2 Å². The van der Waals surface area contributed by atoms with E-state index < -0.39 is 22.6 Å². The molecule has 1 unspecified atom stereocenters. The standard InChI is InChI=1S/C27H25F2NO3/c1-16(2)26(19-6-8-20(28)9-7-19)15-27(26)22-13-21(29)10-11-23(22)30(25(27)33)14-17-4-3-5-18(12-17)24(31)32/h3-6,8-13,16,19H,7,14-15H2,1-2H3,(H,31,32)/t19?,26-,27-/m1/s1. The van der Waals surface area contributed by atoms with E-state index >= 15 is 0 Å². The molecule has 2 aliphatic carbocycles. The molecule has 0 saturated heterocycles. The molecular weight excluding hydrogens is 424 g/mol. The van der Waals surface area contributed by atoms with Crippen LogP contribution >= 0.6 is 0 Å². The summed E-state index contributed by atoms with van der Waals surface area (Å²) in [7, 11) is 0. The van der Waals surface area contributed by atoms with Crippen LogP contribution in [0.15, 0.2) is 66.5 Å². The Balaban J connectivity index is 1.59. The predicted octanol–water partition coefficient (Wildman–Crippen LogP) is 5.78. The fourth-order valence-corrected chi connectivity index (χ4v) is 6.25. The summed E-state index contributed by atoms with van der Waals surface area (Å²) in [4.78, 5) is 27.1. The summed E-state index contributed by atoms with van der Waals surface area (Å²) < 4.78 is 28.1. The number of carbonyl (C=O) groups excluding carboxylic acids is 1. The zero-order valence-corrected chi connectivity index (χ0v) is 18.5. The zero-order valence-electron chi connectivity index (χ0n) is 18.5. The first-order chi connectivity index (χ1) is 15.7. The lowest BCUT2D eigenvalue weighted by molar-refractivity contribution is -0.121. The summed E-state index contributed by atoms with van der Waals surface area (Å²) in [5.74, 6) is -1.73. The minimum absolute atomic E-state index is 0.0349. The SMILES string of the molecule is CC(C)[C@@]1(C2C=CC(F)=CC2)C[C@@]12C(=O)N(Cc1cccc(C(=O)O)c1)c1ccc(F)cc12. The average molecular weight is 449 g/mol. The largest absolute Gasteiger partial charge is 0.478 e. The number of aromatic carboxylic acids is 1. The molecule has 2 aromatic rings. The Morgan fingerprint density at radius 2 is 2.00 bits per heavy atom. The van der Waals surface area contributed by atoms with Crippen LogP contribution < -0.4 is 4.90 Å². The molecule has 1 saturated carbocycles. The van der Waals surface area contributed by atoms with Gasteiger partial charge in [0, 0.05) is 5.69 Å². The lowest BCUT2D eigenvalue weighted by atomic mass is 9.69. The van der Waals surface area contributed by atoms with Crippen LogP contribution in [0.1, 0.15) is 48.2 Å². The van der Waals surface area contributed by atoms with Gasteiger partial charge >= 0.3 is 5.97 Å². The quantitative estimate of drug-likeness (QED) is 0.629. The Morgan fingerprint density at radius 3 is 2.67 bits per heavy atom. The number of amides is 1. The molecule has 2 aromatic carbocycles. The van der Waals surface area contributed by atoms with E-state index in [-0.39, 0.29) is 35.7 Å². The van der Waals surface area contributed by atoms with Gasteiger partial charge in [0.2, 0.25) is 5.91 Å². The van der Waals surface area contributed by atoms with Crippen LogP contribution in [0.2, 0.25) is 0 Å². The summed E-state index contributed by atoms with van der Waals surface area (Å²) in [6.07, 6.45) is 5.95. The van der Waals surface area contributed by atoms with Crippen molar-refractivity contribution in [1.29, 1.82) is 0 Å². The number of anilines is 1. The number of halogens is 2. The molecule has 6 heteroatoms. The second-order valence-corrected chi connectivity index (χ2v) is 9.63. The van der Waals surface area contributed by atoms with Crippen molar-refractivity contribution < 1.29 is 23.5 Å². The van der Waals surface area contributed by atoms with Gasteiger partial charge in [-0.25, -0.2) is 13.6 Å². The maximum Gasteiger partial charge on any atom is 0.335 e. The Morgan fingerprint density at radius 1 is 1.21 bits per heavy atom. The van der Waals surface area contributed by atoms with Crippen molar-refractivity contribution in [2.24, 2.45) is 17.3 Å². The van der Waals surface area contributed by atoms with E-state index in [0.29, 0.717) is 29.7 Å². The number of allylic oxidation sites excluding steroid dienone is 4. The lowest BCUT2D eigenvalue weighted by Crippen LogP contribution is -2.39. The second kappa shape index (κ2) is 7.37. The van der Waals surface area contributed by atoms with Crippen LogP contribution in [0.5, 0.6) is 0 Å². The summed E-state index contributed by atoms with van der Waals surface area (Å²) in [5.41, 5.74) is 0.855. The zero-order chi connectivity index (χ0) is 23.5. The highest BCUT2D eigenvalue weighted by Crippen LogP contribution is 2.76. The molecule has 0 radical (unpaired) electrons. The molecule has 1 spiro atoms. The molecule has 3 aliphatic rings. The first-order valence-electron chi connectivity index (χ1n) is 11.2. The summed E-state index contributed by atoms with van der Waals surface area (Å²) >= 11 is 0. The number of fused-ring (bicyclic) bond motifs is 2. The summed E-state index contributed by atoms with van der Waals surface area (Å²) in [5, 5.41) is 9.34. The van der Waals surface area contributed by atoms with Crippen LogP contribution in [-0.4, -0.2) is 17.0 Å². The van der Waals surface area contributed by atoms with Gasteiger partial charge in [0.15, 0.2) is 0 Å². The van der Waals surface area contributed by atoms with Crippen molar-refractivity contribution in [2.45, 2.75) is 38.6 Å². The number of nitrogens with zero attached hydrogens (tertiary/aromatic N) is 1. The monoisotopic (exact) mass is 449 g/mol. The maximum atomic E-state index is 14.4. The number of carboxylic acids is 1. The predicted molar refractivity (Wildman–Crippen MR) is 121 cm³/mol. The highest BCUT2D eigenvalue weighted by Gasteiger charge is 2.78. The van der Waals surface area contributed by atoms with Gasteiger partial charge in [-0.3, -0.25) is 4.79 Å². The van der Waals surface area contributed by atoms with Crippen molar-refractivity contribution in [3.8, 4) is 0 Å². The van der Waals surface area contributed by atoms with Crippen molar-refractivity contribution in [2.75, 3.05) is 4.90 Å². The third-order valence-corrected chi connectivity index (χ3v) is 7.81. The number of carboxylic acid groups (broad SMARTS) is 1. The minimum atomic E-state index is -1.03. The number of hydrogen-bond acceptors (Lipinski definition) is 2. The Bertz CT molecular complexity index is 1230. The molecule has 4 nitrogen and oxygen atoms in total. The Hall–Kier alpha value is -3.28. The van der Waals surface area contributed by atoms with Crippen molar-refractivity contribution in [1.82, 2.24) is 0 Å². The second-order valence-electron chi connectivity index (χ2n) is 9.63. The maximum absolute atomic E-state index is 14.4. The highest BCUT2D eigenvalue weighted by atomic mass is 19.1. The Kier molecular flexibility index (Phi) is 4.82. The van der Waals surface area contributed by atoms with Crippen LogP contribution in [0.3, 0.4) is 0 Å². The van der Waals surface area contributed by atoms with E-state index in [0.717, 1.165) is 0 Å². The van der Waals surface area contributed by atoms with Crippen molar-refractivity contribution >= 4 is 17.6 Å². The number of hydrogen-bond donors (Lipinski definition) is 1. The molecule has 1 amide bonds. The van der Waals surface area contributed by atoms with E-state index in [1.807, 2.05) is 6.08 Å². The van der Waals surface area contributed by atoms with Gasteiger partial charge in [0.05, 0.1) is 17.5 Å². The molecule has 1 N–H and O–H groups in total. The first kappa shape index (κ1) is 21.6. The van der Waals surface area contributed by atoms with Gasteiger partial charge in [-0.15, -0.1) is 0 Å². The van der Waals surface area contributed by atoms with Crippen LogP contribution in [0, 0.1) is 23.1 Å². The third kappa shape index (κ3) is 3.00. The topological polar surface area (TPSA) is 57.6 Å². The molecule has 33 heavy (non-hydrogen) atoms. The summed E-state index contributed by atoms with van der Waals surface area (Å²) in [6.45, 7) is 4.34. The number of carbonyl (C=O) groups is 2. The number of benzene rings is 2. The lowest BCUT2D eigenvalue weighted by Gasteiger charge is -2.33. The molecule has 0 aromatic heterocycles.